The van der Waals surface area contributed by atoms with E-state index in [1.807, 2.05) is 0 Å². The van der Waals surface area contributed by atoms with Gasteiger partial charge in [0.2, 0.25) is 0 Å². The Morgan fingerprint density at radius 3 is 1.81 bits per heavy atom. The van der Waals surface area contributed by atoms with Crippen LogP contribution in [0.1, 0.15) is 100 Å². The molecule has 3 aliphatic carbocycles. The molecule has 1 aromatic carbocycles. The highest BCUT2D eigenvalue weighted by Gasteiger charge is 2.30. The molecule has 3 fully saturated rings. The van der Waals surface area contributed by atoms with Gasteiger partial charge in [0.05, 0.1) is 5.69 Å². The highest BCUT2D eigenvalue weighted by atomic mass is 32.1. The van der Waals surface area contributed by atoms with Crippen LogP contribution in [0.25, 0.3) is 0 Å². The molecule has 0 saturated heterocycles. The van der Waals surface area contributed by atoms with Crippen molar-refractivity contribution in [2.45, 2.75) is 94.9 Å². The summed E-state index contributed by atoms with van der Waals surface area (Å²) in [7, 11) is 0. The molecule has 0 radical (unpaired) electrons. The molecule has 0 atom stereocenters. The topological polar surface area (TPSA) is 32.3 Å². The number of carbonyl (C=O) groups is 1. The summed E-state index contributed by atoms with van der Waals surface area (Å²) >= 11 is 4.73. The van der Waals surface area contributed by atoms with Crippen molar-refractivity contribution in [3.63, 3.8) is 0 Å². The summed E-state index contributed by atoms with van der Waals surface area (Å²) in [5.74, 6) is 1.17. The number of urea groups is 1. The SMILES string of the molecule is O=C(NC1CCCC1)N(S)c1c(C2CCCC2)cccc1C1CCCC1. The molecule has 3 nitrogen and oxygen atoms in total. The minimum atomic E-state index is -0.0371. The molecule has 26 heavy (non-hydrogen) atoms. The largest absolute Gasteiger partial charge is 0.334 e. The Kier molecular flexibility index (Phi) is 5.78. The Morgan fingerprint density at radius 1 is 0.846 bits per heavy atom. The van der Waals surface area contributed by atoms with Gasteiger partial charge in [-0.25, -0.2) is 9.10 Å². The molecule has 0 aliphatic heterocycles. The van der Waals surface area contributed by atoms with Gasteiger partial charge in [-0.2, -0.15) is 0 Å². The van der Waals surface area contributed by atoms with Gasteiger partial charge >= 0.3 is 6.03 Å². The number of rotatable bonds is 4. The minimum absolute atomic E-state index is 0.0371. The van der Waals surface area contributed by atoms with Crippen molar-refractivity contribution < 1.29 is 4.79 Å². The van der Waals surface area contributed by atoms with E-state index in [0.717, 1.165) is 18.5 Å². The van der Waals surface area contributed by atoms with Crippen LogP contribution in [0.4, 0.5) is 10.5 Å². The highest BCUT2D eigenvalue weighted by molar-refractivity contribution is 7.82. The number of hydrogen-bond donors (Lipinski definition) is 2. The Labute approximate surface area is 163 Å². The zero-order valence-electron chi connectivity index (χ0n) is 15.8. The van der Waals surface area contributed by atoms with Gasteiger partial charge in [-0.1, -0.05) is 69.5 Å². The smallest absolute Gasteiger partial charge is 0.332 e. The van der Waals surface area contributed by atoms with E-state index >= 15 is 0 Å². The van der Waals surface area contributed by atoms with Crippen LogP contribution in [0.2, 0.25) is 0 Å². The first-order valence-electron chi connectivity index (χ1n) is 10.7. The Balaban J connectivity index is 1.64. The number of amides is 2. The Bertz CT molecular complexity index is 595. The van der Waals surface area contributed by atoms with Gasteiger partial charge in [-0.15, -0.1) is 0 Å². The molecule has 0 aromatic heterocycles. The molecule has 3 saturated carbocycles. The maximum atomic E-state index is 13.0. The number of anilines is 1. The van der Waals surface area contributed by atoms with Crippen molar-refractivity contribution in [3.8, 4) is 0 Å². The summed E-state index contributed by atoms with van der Waals surface area (Å²) in [6.07, 6.45) is 14.8. The fourth-order valence-corrected chi connectivity index (χ4v) is 5.65. The van der Waals surface area contributed by atoms with Gasteiger partial charge in [0.15, 0.2) is 0 Å². The van der Waals surface area contributed by atoms with Crippen LogP contribution in [0.5, 0.6) is 0 Å². The summed E-state index contributed by atoms with van der Waals surface area (Å²) in [5.41, 5.74) is 3.80. The summed E-state index contributed by atoms with van der Waals surface area (Å²) in [5, 5.41) is 3.22. The highest BCUT2D eigenvalue weighted by Crippen LogP contribution is 2.46. The van der Waals surface area contributed by atoms with Crippen LogP contribution >= 0.6 is 12.8 Å². The minimum Gasteiger partial charge on any atom is -0.334 e. The predicted molar refractivity (Wildman–Crippen MR) is 111 cm³/mol. The molecule has 142 valence electrons. The average Bonchev–Trinajstić information content (AvgIpc) is 3.43. The van der Waals surface area contributed by atoms with Crippen LogP contribution in [0.15, 0.2) is 18.2 Å². The van der Waals surface area contributed by atoms with E-state index in [1.54, 1.807) is 4.31 Å². The first-order chi connectivity index (χ1) is 12.7. The van der Waals surface area contributed by atoms with E-state index in [9.17, 15) is 4.79 Å². The summed E-state index contributed by atoms with van der Waals surface area (Å²) in [6, 6.07) is 6.99. The number of para-hydroxylation sites is 1. The quantitative estimate of drug-likeness (QED) is 0.597. The average molecular weight is 373 g/mol. The van der Waals surface area contributed by atoms with Gasteiger partial charge < -0.3 is 5.32 Å². The fourth-order valence-electron chi connectivity index (χ4n) is 5.36. The lowest BCUT2D eigenvalue weighted by molar-refractivity contribution is 0.246. The maximum absolute atomic E-state index is 13.0. The molecule has 4 rings (SSSR count). The van der Waals surface area contributed by atoms with Crippen LogP contribution < -0.4 is 9.62 Å². The van der Waals surface area contributed by atoms with E-state index in [0.29, 0.717) is 17.9 Å². The second-order valence-electron chi connectivity index (χ2n) is 8.49. The first kappa shape index (κ1) is 18.2. The van der Waals surface area contributed by atoms with E-state index in [1.165, 1.54) is 75.3 Å². The van der Waals surface area contributed by atoms with Crippen molar-refractivity contribution in [2.24, 2.45) is 0 Å². The van der Waals surface area contributed by atoms with Gasteiger partial charge in [0, 0.05) is 6.04 Å². The molecule has 0 spiro atoms. The van der Waals surface area contributed by atoms with Gasteiger partial charge in [0.25, 0.3) is 0 Å². The Morgan fingerprint density at radius 2 is 1.31 bits per heavy atom. The van der Waals surface area contributed by atoms with Crippen LogP contribution in [-0.2, 0) is 0 Å². The number of benzene rings is 1. The lowest BCUT2D eigenvalue weighted by Gasteiger charge is -2.28. The van der Waals surface area contributed by atoms with E-state index in [-0.39, 0.29) is 6.03 Å². The van der Waals surface area contributed by atoms with Crippen molar-refractivity contribution in [1.29, 1.82) is 0 Å². The number of nitrogens with zero attached hydrogens (tertiary/aromatic N) is 1. The van der Waals surface area contributed by atoms with E-state index < -0.39 is 0 Å². The molecule has 0 bridgehead atoms. The van der Waals surface area contributed by atoms with Crippen LogP contribution in [0, 0.1) is 0 Å². The van der Waals surface area contributed by atoms with Crippen molar-refractivity contribution in [1.82, 2.24) is 5.32 Å². The summed E-state index contributed by atoms with van der Waals surface area (Å²) in [4.78, 5) is 13.0. The molecule has 0 heterocycles. The number of hydrogen-bond acceptors (Lipinski definition) is 2. The molecule has 1 N–H and O–H groups in total. The molecule has 2 amide bonds. The molecule has 4 heteroatoms. The monoisotopic (exact) mass is 372 g/mol. The number of carbonyl (C=O) groups excluding carboxylic acids is 1. The molecular formula is C22H32N2OS. The number of nitrogens with one attached hydrogen (secondary N) is 1. The lowest BCUT2D eigenvalue weighted by atomic mass is 9.88. The predicted octanol–water partition coefficient (Wildman–Crippen LogP) is 6.31. The third-order valence-corrected chi connectivity index (χ3v) is 7.16. The standard InChI is InChI=1S/C22H32N2OS/c25-22(23-18-12-5-6-13-18)24(26)21-19(16-8-1-2-9-16)14-7-15-20(21)17-10-3-4-11-17/h7,14-18,26H,1-6,8-13H2,(H,23,25). The zero-order chi connectivity index (χ0) is 17.9. The summed E-state index contributed by atoms with van der Waals surface area (Å²) in [6.45, 7) is 0. The van der Waals surface area contributed by atoms with Crippen LogP contribution in [-0.4, -0.2) is 12.1 Å². The van der Waals surface area contributed by atoms with Gasteiger partial charge in [-0.3, -0.25) is 0 Å². The van der Waals surface area contributed by atoms with Crippen molar-refractivity contribution >= 4 is 24.5 Å². The van der Waals surface area contributed by atoms with E-state index in [4.69, 9.17) is 12.8 Å². The number of thiol groups is 1. The van der Waals surface area contributed by atoms with Gasteiger partial charge in [-0.05, 0) is 61.5 Å². The third-order valence-electron chi connectivity index (χ3n) is 6.78. The van der Waals surface area contributed by atoms with Gasteiger partial charge in [0.1, 0.15) is 0 Å². The first-order valence-corrected chi connectivity index (χ1v) is 11.1. The van der Waals surface area contributed by atoms with E-state index in [2.05, 4.69) is 23.5 Å². The third kappa shape index (κ3) is 3.76. The van der Waals surface area contributed by atoms with Crippen molar-refractivity contribution in [2.75, 3.05) is 4.31 Å². The molecule has 1 aromatic rings. The normalized spacial score (nSPS) is 22.2. The van der Waals surface area contributed by atoms with Crippen molar-refractivity contribution in [3.05, 3.63) is 29.3 Å². The lowest BCUT2D eigenvalue weighted by Crippen LogP contribution is -2.40. The summed E-state index contributed by atoms with van der Waals surface area (Å²) < 4.78 is 1.65. The maximum Gasteiger partial charge on any atom is 0.332 e. The molecule has 3 aliphatic rings. The second kappa shape index (κ2) is 8.24. The molecular weight excluding hydrogens is 340 g/mol. The zero-order valence-corrected chi connectivity index (χ0v) is 16.6. The Hall–Kier alpha value is -1.16. The van der Waals surface area contributed by atoms with Crippen LogP contribution in [0.3, 0.4) is 0 Å². The second-order valence-corrected chi connectivity index (χ2v) is 8.89. The fraction of sp³-hybridized carbons (Fsp3) is 0.682. The molecule has 0 unspecified atom stereocenters.